The van der Waals surface area contributed by atoms with Crippen molar-refractivity contribution in [3.05, 3.63) is 0 Å². The summed E-state index contributed by atoms with van der Waals surface area (Å²) in [6, 6.07) is 0. The highest BCUT2D eigenvalue weighted by Gasteiger charge is 2.20. The molecular formula is C10H18BrNO2. The number of likely N-dealkylation sites (N-methyl/N-ethyl adjacent to an activating group) is 1. The summed E-state index contributed by atoms with van der Waals surface area (Å²) in [5, 5.41) is 0. The van der Waals surface area contributed by atoms with Crippen LogP contribution in [0.1, 0.15) is 26.2 Å². The molecule has 1 rings (SSSR count). The second-order valence-corrected chi connectivity index (χ2v) is 5.20. The molecule has 1 aliphatic rings. The number of carbonyl (C=O) groups excluding carboxylic acids is 1. The molecule has 1 fully saturated rings. The number of hydrogen-bond acceptors (Lipinski definition) is 2. The Kier molecular flexibility index (Phi) is 4.89. The summed E-state index contributed by atoms with van der Waals surface area (Å²) in [6.45, 7) is 3.41. The summed E-state index contributed by atoms with van der Waals surface area (Å²) in [7, 11) is 1.83. The lowest BCUT2D eigenvalue weighted by atomic mass is 10.1. The quantitative estimate of drug-likeness (QED) is 0.727. The van der Waals surface area contributed by atoms with E-state index in [1.54, 1.807) is 4.90 Å². The minimum absolute atomic E-state index is 0.101. The molecule has 0 aromatic carbocycles. The predicted octanol–water partition coefficient (Wildman–Crippen LogP) is 1.80. The summed E-state index contributed by atoms with van der Waals surface area (Å²) in [6.07, 6.45) is 3.69. The van der Waals surface area contributed by atoms with Gasteiger partial charge in [-0.1, -0.05) is 15.9 Å². The van der Waals surface area contributed by atoms with Crippen LogP contribution in [0, 0.1) is 0 Å². The van der Waals surface area contributed by atoms with E-state index in [-0.39, 0.29) is 16.8 Å². The highest BCUT2D eigenvalue weighted by atomic mass is 79.9. The standard InChI is InChI=1S/C10H18BrNO2/c1-8(11)10(13)12(2)7-9-5-3-4-6-14-9/h8-9H,3-7H2,1-2H3. The number of ether oxygens (including phenoxy) is 1. The topological polar surface area (TPSA) is 29.5 Å². The van der Waals surface area contributed by atoms with Gasteiger partial charge in [-0.2, -0.15) is 0 Å². The van der Waals surface area contributed by atoms with Crippen LogP contribution in [0.15, 0.2) is 0 Å². The molecule has 1 amide bonds. The Morgan fingerprint density at radius 2 is 2.36 bits per heavy atom. The molecule has 0 N–H and O–H groups in total. The van der Waals surface area contributed by atoms with E-state index >= 15 is 0 Å². The molecular weight excluding hydrogens is 246 g/mol. The van der Waals surface area contributed by atoms with Crippen molar-refractivity contribution in [1.82, 2.24) is 4.90 Å². The summed E-state index contributed by atoms with van der Waals surface area (Å²) in [4.78, 5) is 13.2. The monoisotopic (exact) mass is 263 g/mol. The summed E-state index contributed by atoms with van der Waals surface area (Å²) < 4.78 is 5.57. The predicted molar refractivity (Wildman–Crippen MR) is 59.6 cm³/mol. The van der Waals surface area contributed by atoms with Crippen molar-refractivity contribution in [3.8, 4) is 0 Å². The van der Waals surface area contributed by atoms with Gasteiger partial charge < -0.3 is 9.64 Å². The van der Waals surface area contributed by atoms with Gasteiger partial charge in [0.1, 0.15) is 0 Å². The van der Waals surface area contributed by atoms with Gasteiger partial charge in [0, 0.05) is 20.2 Å². The lowest BCUT2D eigenvalue weighted by Gasteiger charge is -2.28. The van der Waals surface area contributed by atoms with Crippen LogP contribution in [0.2, 0.25) is 0 Å². The zero-order valence-corrected chi connectivity index (χ0v) is 10.4. The first-order valence-electron chi connectivity index (χ1n) is 5.12. The number of rotatable bonds is 3. The second kappa shape index (κ2) is 5.71. The van der Waals surface area contributed by atoms with E-state index in [0.29, 0.717) is 0 Å². The number of nitrogens with zero attached hydrogens (tertiary/aromatic N) is 1. The summed E-state index contributed by atoms with van der Waals surface area (Å²) in [5.74, 6) is 0.124. The van der Waals surface area contributed by atoms with Crippen molar-refractivity contribution < 1.29 is 9.53 Å². The van der Waals surface area contributed by atoms with Crippen molar-refractivity contribution in [2.45, 2.75) is 37.1 Å². The van der Waals surface area contributed by atoms with Crippen LogP contribution in [0.25, 0.3) is 0 Å². The number of alkyl halides is 1. The first-order valence-corrected chi connectivity index (χ1v) is 6.03. The maximum atomic E-state index is 11.5. The molecule has 0 aliphatic carbocycles. The molecule has 82 valence electrons. The van der Waals surface area contributed by atoms with Crippen LogP contribution < -0.4 is 0 Å². The highest BCUT2D eigenvalue weighted by Crippen LogP contribution is 2.14. The van der Waals surface area contributed by atoms with E-state index in [2.05, 4.69) is 15.9 Å². The molecule has 0 saturated carbocycles. The van der Waals surface area contributed by atoms with Gasteiger partial charge in [0.25, 0.3) is 0 Å². The molecule has 0 aromatic rings. The molecule has 1 heterocycles. The molecule has 4 heteroatoms. The Morgan fingerprint density at radius 3 is 2.86 bits per heavy atom. The Balaban J connectivity index is 2.31. The third kappa shape index (κ3) is 3.58. The van der Waals surface area contributed by atoms with E-state index in [4.69, 9.17) is 4.74 Å². The van der Waals surface area contributed by atoms with Gasteiger partial charge in [-0.3, -0.25) is 4.79 Å². The fraction of sp³-hybridized carbons (Fsp3) is 0.900. The van der Waals surface area contributed by atoms with Crippen molar-refractivity contribution in [1.29, 1.82) is 0 Å². The van der Waals surface area contributed by atoms with Gasteiger partial charge in [0.2, 0.25) is 5.91 Å². The molecule has 14 heavy (non-hydrogen) atoms. The largest absolute Gasteiger partial charge is 0.376 e. The van der Waals surface area contributed by atoms with Crippen molar-refractivity contribution in [3.63, 3.8) is 0 Å². The number of carbonyl (C=O) groups is 1. The average molecular weight is 264 g/mol. The summed E-state index contributed by atoms with van der Waals surface area (Å²) in [5.41, 5.74) is 0. The van der Waals surface area contributed by atoms with Crippen molar-refractivity contribution >= 4 is 21.8 Å². The van der Waals surface area contributed by atoms with Crippen LogP contribution in [-0.4, -0.2) is 41.9 Å². The fourth-order valence-corrected chi connectivity index (χ4v) is 2.00. The van der Waals surface area contributed by atoms with Gasteiger partial charge in [-0.15, -0.1) is 0 Å². The highest BCUT2D eigenvalue weighted by molar-refractivity contribution is 9.10. The average Bonchev–Trinajstić information content (AvgIpc) is 2.18. The van der Waals surface area contributed by atoms with Crippen LogP contribution >= 0.6 is 15.9 Å². The van der Waals surface area contributed by atoms with Gasteiger partial charge >= 0.3 is 0 Å². The van der Waals surface area contributed by atoms with Crippen LogP contribution in [0.5, 0.6) is 0 Å². The third-order valence-electron chi connectivity index (χ3n) is 2.47. The maximum Gasteiger partial charge on any atom is 0.235 e. The normalized spacial score (nSPS) is 24.4. The zero-order valence-electron chi connectivity index (χ0n) is 8.83. The third-order valence-corrected chi connectivity index (χ3v) is 2.86. The van der Waals surface area contributed by atoms with Gasteiger partial charge in [0.05, 0.1) is 10.9 Å². The van der Waals surface area contributed by atoms with E-state index in [1.165, 1.54) is 6.42 Å². The van der Waals surface area contributed by atoms with E-state index in [0.717, 1.165) is 26.0 Å². The lowest BCUT2D eigenvalue weighted by molar-refractivity contribution is -0.131. The molecule has 0 aromatic heterocycles. The Hall–Kier alpha value is -0.0900. The molecule has 1 aliphatic heterocycles. The Labute approximate surface area is 93.9 Å². The number of halogens is 1. The number of hydrogen-bond donors (Lipinski definition) is 0. The molecule has 2 unspecified atom stereocenters. The minimum atomic E-state index is -0.101. The Morgan fingerprint density at radius 1 is 1.64 bits per heavy atom. The maximum absolute atomic E-state index is 11.5. The van der Waals surface area contributed by atoms with Gasteiger partial charge in [0.15, 0.2) is 0 Å². The van der Waals surface area contributed by atoms with Crippen molar-refractivity contribution in [2.24, 2.45) is 0 Å². The molecule has 0 spiro atoms. The first kappa shape index (κ1) is 12.0. The zero-order chi connectivity index (χ0) is 10.6. The minimum Gasteiger partial charge on any atom is -0.376 e. The summed E-state index contributed by atoms with van der Waals surface area (Å²) >= 11 is 3.27. The first-order chi connectivity index (χ1) is 6.61. The van der Waals surface area contributed by atoms with Crippen molar-refractivity contribution in [2.75, 3.05) is 20.2 Å². The van der Waals surface area contributed by atoms with Crippen LogP contribution in [0.3, 0.4) is 0 Å². The van der Waals surface area contributed by atoms with E-state index in [9.17, 15) is 4.79 Å². The number of amides is 1. The smallest absolute Gasteiger partial charge is 0.235 e. The van der Waals surface area contributed by atoms with Crippen LogP contribution in [0.4, 0.5) is 0 Å². The second-order valence-electron chi connectivity index (χ2n) is 3.82. The van der Waals surface area contributed by atoms with Crippen LogP contribution in [-0.2, 0) is 9.53 Å². The SMILES string of the molecule is CC(Br)C(=O)N(C)CC1CCCCO1. The molecule has 0 bridgehead atoms. The Bertz CT molecular complexity index is 191. The van der Waals surface area contributed by atoms with Gasteiger partial charge in [-0.25, -0.2) is 0 Å². The van der Waals surface area contributed by atoms with Gasteiger partial charge in [-0.05, 0) is 26.2 Å². The van der Waals surface area contributed by atoms with E-state index < -0.39 is 0 Å². The van der Waals surface area contributed by atoms with E-state index in [1.807, 2.05) is 14.0 Å². The lowest BCUT2D eigenvalue weighted by Crippen LogP contribution is -2.39. The molecule has 1 saturated heterocycles. The molecule has 3 nitrogen and oxygen atoms in total. The fourth-order valence-electron chi connectivity index (χ4n) is 1.65. The molecule has 2 atom stereocenters. The molecule has 0 radical (unpaired) electrons.